The van der Waals surface area contributed by atoms with Crippen molar-refractivity contribution in [3.05, 3.63) is 45.8 Å². The minimum Gasteiger partial charge on any atom is -0.349 e. The van der Waals surface area contributed by atoms with Crippen LogP contribution in [0.2, 0.25) is 0 Å². The molecule has 9 nitrogen and oxygen atoms in total. The molecule has 0 atom stereocenters. The van der Waals surface area contributed by atoms with Crippen LogP contribution in [0.4, 0.5) is 5.69 Å². The maximum absolute atomic E-state index is 11.1. The summed E-state index contributed by atoms with van der Waals surface area (Å²) in [5, 5.41) is 21.2. The number of nitro benzene ring substituents is 1. The van der Waals surface area contributed by atoms with Gasteiger partial charge in [-0.2, -0.15) is 0 Å². The Bertz CT molecular complexity index is 681. The van der Waals surface area contributed by atoms with Crippen LogP contribution >= 0.6 is 0 Å². The van der Waals surface area contributed by atoms with Gasteiger partial charge in [-0.1, -0.05) is 11.3 Å². The lowest BCUT2D eigenvalue weighted by atomic mass is 10.2. The quantitative estimate of drug-likeness (QED) is 0.591. The number of aryl methyl sites for hydroxylation is 1. The molecule has 1 aromatic heterocycles. The van der Waals surface area contributed by atoms with Crippen LogP contribution < -0.4 is 11.1 Å². The van der Waals surface area contributed by atoms with Crippen molar-refractivity contribution >= 4 is 11.6 Å². The van der Waals surface area contributed by atoms with Crippen LogP contribution in [0.1, 0.15) is 11.3 Å². The van der Waals surface area contributed by atoms with Crippen molar-refractivity contribution in [3.8, 4) is 5.69 Å². The fourth-order valence-electron chi connectivity index (χ4n) is 1.72. The van der Waals surface area contributed by atoms with E-state index in [9.17, 15) is 14.9 Å². The predicted octanol–water partition coefficient (Wildman–Crippen LogP) is 0.0588. The van der Waals surface area contributed by atoms with Gasteiger partial charge >= 0.3 is 0 Å². The van der Waals surface area contributed by atoms with Gasteiger partial charge in [0.15, 0.2) is 0 Å². The molecule has 0 saturated heterocycles. The molecule has 1 amide bonds. The van der Waals surface area contributed by atoms with E-state index < -0.39 is 4.92 Å². The first-order chi connectivity index (χ1) is 10.0. The molecule has 21 heavy (non-hydrogen) atoms. The molecule has 0 unspecified atom stereocenters. The van der Waals surface area contributed by atoms with Gasteiger partial charge < -0.3 is 11.1 Å². The Morgan fingerprint density at radius 1 is 1.52 bits per heavy atom. The van der Waals surface area contributed by atoms with E-state index in [4.69, 9.17) is 5.73 Å². The highest BCUT2D eigenvalue weighted by Crippen LogP contribution is 2.20. The number of nitrogens with two attached hydrogens (primary N) is 1. The van der Waals surface area contributed by atoms with E-state index in [-0.39, 0.29) is 24.7 Å². The van der Waals surface area contributed by atoms with Crippen LogP contribution in [0, 0.1) is 17.0 Å². The minimum absolute atomic E-state index is 0.0240. The Labute approximate surface area is 119 Å². The number of hydrogen-bond acceptors (Lipinski definition) is 6. The number of rotatable bonds is 5. The maximum Gasteiger partial charge on any atom is 0.271 e. The van der Waals surface area contributed by atoms with Crippen molar-refractivity contribution in [2.24, 2.45) is 5.73 Å². The molecule has 2 aromatic rings. The van der Waals surface area contributed by atoms with Gasteiger partial charge in [-0.05, 0) is 12.5 Å². The van der Waals surface area contributed by atoms with E-state index >= 15 is 0 Å². The van der Waals surface area contributed by atoms with Crippen molar-refractivity contribution < 1.29 is 9.72 Å². The normalized spacial score (nSPS) is 10.4. The first-order valence-electron chi connectivity index (χ1n) is 6.14. The number of hydrogen-bond donors (Lipinski definition) is 2. The third-order valence-corrected chi connectivity index (χ3v) is 2.84. The second-order valence-corrected chi connectivity index (χ2v) is 4.36. The van der Waals surface area contributed by atoms with Crippen LogP contribution in [-0.2, 0) is 11.3 Å². The molecule has 0 spiro atoms. The zero-order valence-corrected chi connectivity index (χ0v) is 11.3. The van der Waals surface area contributed by atoms with E-state index in [0.717, 1.165) is 5.56 Å². The molecule has 0 fully saturated rings. The standard InChI is InChI=1S/C12H14N6O3/c1-8-2-3-10(18(20)21)4-11(8)17-7-9(15-16-17)6-14-12(19)5-13/h2-4,7H,5-6,13H2,1H3,(H,14,19). The Hall–Kier alpha value is -2.81. The summed E-state index contributed by atoms with van der Waals surface area (Å²) in [6, 6.07) is 4.50. The fraction of sp³-hybridized carbons (Fsp3) is 0.250. The van der Waals surface area contributed by atoms with Crippen molar-refractivity contribution in [2.75, 3.05) is 6.54 Å². The summed E-state index contributed by atoms with van der Waals surface area (Å²) < 4.78 is 1.44. The second-order valence-electron chi connectivity index (χ2n) is 4.36. The lowest BCUT2D eigenvalue weighted by Gasteiger charge is -2.04. The molecule has 0 radical (unpaired) electrons. The minimum atomic E-state index is -0.470. The molecular formula is C12H14N6O3. The summed E-state index contributed by atoms with van der Waals surface area (Å²) in [6.07, 6.45) is 1.60. The summed E-state index contributed by atoms with van der Waals surface area (Å²) in [5.74, 6) is -0.295. The molecule has 0 aliphatic carbocycles. The predicted molar refractivity (Wildman–Crippen MR) is 73.7 cm³/mol. The van der Waals surface area contributed by atoms with E-state index in [1.54, 1.807) is 12.3 Å². The summed E-state index contributed by atoms with van der Waals surface area (Å²) in [6.45, 7) is 1.92. The average Bonchev–Trinajstić information content (AvgIpc) is 2.93. The second kappa shape index (κ2) is 6.09. The highest BCUT2D eigenvalue weighted by molar-refractivity contribution is 5.77. The monoisotopic (exact) mass is 290 g/mol. The first-order valence-corrected chi connectivity index (χ1v) is 6.14. The number of carbonyl (C=O) groups is 1. The molecule has 1 aromatic carbocycles. The smallest absolute Gasteiger partial charge is 0.271 e. The van der Waals surface area contributed by atoms with Gasteiger partial charge in [0.2, 0.25) is 5.91 Å². The van der Waals surface area contributed by atoms with Crippen molar-refractivity contribution in [1.82, 2.24) is 20.3 Å². The molecule has 0 saturated carbocycles. The number of nitrogens with one attached hydrogen (secondary N) is 1. The molecular weight excluding hydrogens is 276 g/mol. The maximum atomic E-state index is 11.1. The van der Waals surface area contributed by atoms with Crippen molar-refractivity contribution in [3.63, 3.8) is 0 Å². The van der Waals surface area contributed by atoms with Crippen LogP contribution in [0.25, 0.3) is 5.69 Å². The molecule has 9 heteroatoms. The zero-order valence-electron chi connectivity index (χ0n) is 11.3. The molecule has 1 heterocycles. The number of non-ortho nitro benzene ring substituents is 1. The van der Waals surface area contributed by atoms with E-state index in [1.165, 1.54) is 16.8 Å². The van der Waals surface area contributed by atoms with Crippen molar-refractivity contribution in [1.29, 1.82) is 0 Å². The summed E-state index contributed by atoms with van der Waals surface area (Å²) in [7, 11) is 0. The number of aromatic nitrogens is 3. The highest BCUT2D eigenvalue weighted by Gasteiger charge is 2.12. The van der Waals surface area contributed by atoms with E-state index in [1.807, 2.05) is 6.92 Å². The Balaban J connectivity index is 2.23. The van der Waals surface area contributed by atoms with Crippen molar-refractivity contribution in [2.45, 2.75) is 13.5 Å². The third-order valence-electron chi connectivity index (χ3n) is 2.84. The first kappa shape index (κ1) is 14.6. The largest absolute Gasteiger partial charge is 0.349 e. The molecule has 0 aliphatic rings. The Kier molecular flexibility index (Phi) is 4.24. The lowest BCUT2D eigenvalue weighted by Crippen LogP contribution is -2.29. The van der Waals surface area contributed by atoms with Crippen LogP contribution in [0.15, 0.2) is 24.4 Å². The SMILES string of the molecule is Cc1ccc([N+](=O)[O-])cc1-n1cc(CNC(=O)CN)nn1. The van der Waals surface area contributed by atoms with Gasteiger partial charge in [0.25, 0.3) is 5.69 Å². The van der Waals surface area contributed by atoms with Crippen LogP contribution in [-0.4, -0.2) is 32.4 Å². The number of amides is 1. The molecule has 0 bridgehead atoms. The number of nitrogens with zero attached hydrogens (tertiary/aromatic N) is 4. The Morgan fingerprint density at radius 2 is 2.29 bits per heavy atom. The third kappa shape index (κ3) is 3.39. The number of carbonyl (C=O) groups excluding carboxylic acids is 1. The van der Waals surface area contributed by atoms with Gasteiger partial charge in [0.05, 0.1) is 29.9 Å². The lowest BCUT2D eigenvalue weighted by molar-refractivity contribution is -0.384. The topological polar surface area (TPSA) is 129 Å². The Morgan fingerprint density at radius 3 is 2.95 bits per heavy atom. The molecule has 110 valence electrons. The molecule has 3 N–H and O–H groups in total. The molecule has 2 rings (SSSR count). The highest BCUT2D eigenvalue weighted by atomic mass is 16.6. The number of benzene rings is 1. The summed E-state index contributed by atoms with van der Waals surface area (Å²) in [4.78, 5) is 21.4. The van der Waals surface area contributed by atoms with E-state index in [2.05, 4.69) is 15.6 Å². The van der Waals surface area contributed by atoms with Gasteiger partial charge in [-0.15, -0.1) is 5.10 Å². The summed E-state index contributed by atoms with van der Waals surface area (Å²) in [5.41, 5.74) is 7.07. The van der Waals surface area contributed by atoms with Gasteiger partial charge in [-0.25, -0.2) is 4.68 Å². The van der Waals surface area contributed by atoms with Gasteiger partial charge in [-0.3, -0.25) is 14.9 Å². The number of nitro groups is 1. The van der Waals surface area contributed by atoms with Crippen LogP contribution in [0.3, 0.4) is 0 Å². The molecule has 0 aliphatic heterocycles. The van der Waals surface area contributed by atoms with Gasteiger partial charge in [0.1, 0.15) is 5.69 Å². The van der Waals surface area contributed by atoms with E-state index in [0.29, 0.717) is 11.4 Å². The summed E-state index contributed by atoms with van der Waals surface area (Å²) >= 11 is 0. The van der Waals surface area contributed by atoms with Gasteiger partial charge in [0, 0.05) is 12.1 Å². The fourth-order valence-corrected chi connectivity index (χ4v) is 1.72. The van der Waals surface area contributed by atoms with Crippen LogP contribution in [0.5, 0.6) is 0 Å². The average molecular weight is 290 g/mol. The zero-order chi connectivity index (χ0) is 15.4.